The maximum Gasteiger partial charge on any atom is 0.401 e. The van der Waals surface area contributed by atoms with Gasteiger partial charge in [-0.05, 0) is 19.3 Å². The molecule has 1 saturated heterocycles. The van der Waals surface area contributed by atoms with Crippen LogP contribution in [0.2, 0.25) is 0 Å². The lowest BCUT2D eigenvalue weighted by Crippen LogP contribution is -2.47. The summed E-state index contributed by atoms with van der Waals surface area (Å²) in [5.41, 5.74) is 5.10. The minimum atomic E-state index is -4.18. The molecule has 1 saturated carbocycles. The van der Waals surface area contributed by atoms with Crippen LogP contribution in [0.3, 0.4) is 0 Å². The van der Waals surface area contributed by atoms with Gasteiger partial charge in [0.05, 0.1) is 12.1 Å². The zero-order valence-electron chi connectivity index (χ0n) is 10.2. The van der Waals surface area contributed by atoms with Gasteiger partial charge in [-0.25, -0.2) is 0 Å². The van der Waals surface area contributed by atoms with Crippen LogP contribution in [0.1, 0.15) is 19.3 Å². The van der Waals surface area contributed by atoms with E-state index in [2.05, 4.69) is 0 Å². The van der Waals surface area contributed by atoms with E-state index in [0.717, 1.165) is 0 Å². The average molecular weight is 265 g/mol. The third-order valence-electron chi connectivity index (χ3n) is 3.49. The molecule has 0 unspecified atom stereocenters. The standard InChI is InChI=1S/C11H18F3N3O/c12-11(13,14)8-16-4-1-5-17(7-6-16)9(18)10(15)2-3-10/h1-8,15H2. The Kier molecular flexibility index (Phi) is 3.55. The summed E-state index contributed by atoms with van der Waals surface area (Å²) in [5, 5.41) is 0. The number of nitrogens with zero attached hydrogens (tertiary/aromatic N) is 2. The van der Waals surface area contributed by atoms with Crippen molar-refractivity contribution in [2.45, 2.75) is 31.0 Å². The Morgan fingerprint density at radius 1 is 1.17 bits per heavy atom. The molecule has 7 heteroatoms. The quantitative estimate of drug-likeness (QED) is 0.794. The van der Waals surface area contributed by atoms with Crippen molar-refractivity contribution in [1.29, 1.82) is 0 Å². The van der Waals surface area contributed by atoms with Crippen molar-refractivity contribution < 1.29 is 18.0 Å². The van der Waals surface area contributed by atoms with Crippen molar-refractivity contribution in [3.63, 3.8) is 0 Å². The summed E-state index contributed by atoms with van der Waals surface area (Å²) in [6.07, 6.45) is -2.23. The first-order valence-corrected chi connectivity index (χ1v) is 6.18. The van der Waals surface area contributed by atoms with Gasteiger partial charge in [0, 0.05) is 26.2 Å². The van der Waals surface area contributed by atoms with Crippen LogP contribution in [0, 0.1) is 0 Å². The summed E-state index contributed by atoms with van der Waals surface area (Å²) >= 11 is 0. The molecule has 1 amide bonds. The van der Waals surface area contributed by atoms with Gasteiger partial charge < -0.3 is 10.6 Å². The van der Waals surface area contributed by atoms with Crippen molar-refractivity contribution in [2.75, 3.05) is 32.7 Å². The number of nitrogens with two attached hydrogens (primary N) is 1. The second-order valence-electron chi connectivity index (χ2n) is 5.19. The van der Waals surface area contributed by atoms with Crippen molar-refractivity contribution in [1.82, 2.24) is 9.80 Å². The van der Waals surface area contributed by atoms with Gasteiger partial charge in [0.25, 0.3) is 0 Å². The molecule has 2 rings (SSSR count). The molecule has 2 aliphatic rings. The predicted octanol–water partition coefficient (Wildman–Crippen LogP) is 0.574. The van der Waals surface area contributed by atoms with Crippen molar-refractivity contribution in [2.24, 2.45) is 5.73 Å². The van der Waals surface area contributed by atoms with E-state index >= 15 is 0 Å². The summed E-state index contributed by atoms with van der Waals surface area (Å²) in [7, 11) is 0. The van der Waals surface area contributed by atoms with E-state index in [9.17, 15) is 18.0 Å². The Balaban J connectivity index is 1.86. The normalized spacial score (nSPS) is 24.8. The average Bonchev–Trinajstić information content (AvgIpc) is 3.01. The zero-order valence-corrected chi connectivity index (χ0v) is 10.2. The van der Waals surface area contributed by atoms with Gasteiger partial charge in [-0.1, -0.05) is 0 Å². The molecular formula is C11H18F3N3O. The first-order chi connectivity index (χ1) is 8.30. The maximum absolute atomic E-state index is 12.3. The molecule has 1 aliphatic heterocycles. The van der Waals surface area contributed by atoms with Gasteiger partial charge in [-0.15, -0.1) is 0 Å². The van der Waals surface area contributed by atoms with Crippen LogP contribution in [0.5, 0.6) is 0 Å². The van der Waals surface area contributed by atoms with Crippen molar-refractivity contribution in [3.05, 3.63) is 0 Å². The number of hydrogen-bond acceptors (Lipinski definition) is 3. The summed E-state index contributed by atoms with van der Waals surface area (Å²) in [6.45, 7) is 0.588. The van der Waals surface area contributed by atoms with Gasteiger partial charge in [0.1, 0.15) is 0 Å². The molecule has 18 heavy (non-hydrogen) atoms. The third-order valence-corrected chi connectivity index (χ3v) is 3.49. The van der Waals surface area contributed by atoms with Gasteiger partial charge in [0.15, 0.2) is 0 Å². The van der Waals surface area contributed by atoms with Crippen LogP contribution in [0.25, 0.3) is 0 Å². The molecule has 0 aromatic rings. The second-order valence-corrected chi connectivity index (χ2v) is 5.19. The lowest BCUT2D eigenvalue weighted by Gasteiger charge is -2.24. The third kappa shape index (κ3) is 3.35. The molecule has 0 atom stereocenters. The fourth-order valence-corrected chi connectivity index (χ4v) is 2.25. The first-order valence-electron chi connectivity index (χ1n) is 6.18. The highest BCUT2D eigenvalue weighted by Gasteiger charge is 2.48. The molecule has 1 aliphatic carbocycles. The minimum absolute atomic E-state index is 0.101. The van der Waals surface area contributed by atoms with Crippen LogP contribution in [0.15, 0.2) is 0 Å². The molecule has 0 aromatic carbocycles. The van der Waals surface area contributed by atoms with Crippen molar-refractivity contribution in [3.8, 4) is 0 Å². The summed E-state index contributed by atoms with van der Waals surface area (Å²) in [6, 6.07) is 0. The van der Waals surface area contributed by atoms with Gasteiger partial charge >= 0.3 is 6.18 Å². The van der Waals surface area contributed by atoms with E-state index < -0.39 is 18.3 Å². The Morgan fingerprint density at radius 2 is 1.83 bits per heavy atom. The predicted molar refractivity (Wildman–Crippen MR) is 59.8 cm³/mol. The number of halogens is 3. The van der Waals surface area contributed by atoms with Crippen molar-refractivity contribution >= 4 is 5.91 Å². The van der Waals surface area contributed by atoms with E-state index in [1.54, 1.807) is 4.90 Å². The lowest BCUT2D eigenvalue weighted by molar-refractivity contribution is -0.145. The van der Waals surface area contributed by atoms with E-state index in [0.29, 0.717) is 38.9 Å². The van der Waals surface area contributed by atoms with E-state index in [-0.39, 0.29) is 12.5 Å². The molecular weight excluding hydrogens is 247 g/mol. The Morgan fingerprint density at radius 3 is 2.39 bits per heavy atom. The first kappa shape index (κ1) is 13.6. The van der Waals surface area contributed by atoms with E-state index in [1.165, 1.54) is 4.90 Å². The smallest absolute Gasteiger partial charge is 0.340 e. The number of amides is 1. The Hall–Kier alpha value is -0.820. The summed E-state index contributed by atoms with van der Waals surface area (Å²) in [4.78, 5) is 15.0. The van der Waals surface area contributed by atoms with Gasteiger partial charge in [0.2, 0.25) is 5.91 Å². The molecule has 0 spiro atoms. The van der Waals surface area contributed by atoms with Crippen LogP contribution in [-0.4, -0.2) is 60.1 Å². The Bertz CT molecular complexity index is 328. The van der Waals surface area contributed by atoms with E-state index in [4.69, 9.17) is 5.73 Å². The van der Waals surface area contributed by atoms with Gasteiger partial charge in [-0.3, -0.25) is 9.69 Å². The minimum Gasteiger partial charge on any atom is -0.340 e. The largest absolute Gasteiger partial charge is 0.401 e. The highest BCUT2D eigenvalue weighted by molar-refractivity contribution is 5.89. The van der Waals surface area contributed by atoms with Gasteiger partial charge in [-0.2, -0.15) is 13.2 Å². The number of carbonyl (C=O) groups excluding carboxylic acids is 1. The highest BCUT2D eigenvalue weighted by Crippen LogP contribution is 2.34. The maximum atomic E-state index is 12.3. The number of rotatable bonds is 2. The number of alkyl halides is 3. The monoisotopic (exact) mass is 265 g/mol. The summed E-state index contributed by atoms with van der Waals surface area (Å²) in [5.74, 6) is -0.101. The van der Waals surface area contributed by atoms with Crippen LogP contribution in [0.4, 0.5) is 13.2 Å². The van der Waals surface area contributed by atoms with E-state index in [1.807, 2.05) is 0 Å². The molecule has 0 aromatic heterocycles. The SMILES string of the molecule is NC1(C(=O)N2CCCN(CC(F)(F)F)CC2)CC1. The fourth-order valence-electron chi connectivity index (χ4n) is 2.25. The fraction of sp³-hybridized carbons (Fsp3) is 0.909. The number of carbonyl (C=O) groups is 1. The molecule has 2 fully saturated rings. The van der Waals surface area contributed by atoms with Crippen LogP contribution >= 0.6 is 0 Å². The molecule has 2 N–H and O–H groups in total. The molecule has 104 valence electrons. The number of hydrogen-bond donors (Lipinski definition) is 1. The Labute approximate surface area is 104 Å². The molecule has 1 heterocycles. The molecule has 4 nitrogen and oxygen atoms in total. The molecule has 0 bridgehead atoms. The summed E-state index contributed by atoms with van der Waals surface area (Å²) < 4.78 is 36.9. The topological polar surface area (TPSA) is 49.6 Å². The van der Waals surface area contributed by atoms with Crippen LogP contribution in [-0.2, 0) is 4.79 Å². The molecule has 0 radical (unpaired) electrons. The lowest BCUT2D eigenvalue weighted by atomic mass is 10.2. The zero-order chi connectivity index (χ0) is 13.4. The highest BCUT2D eigenvalue weighted by atomic mass is 19.4. The second kappa shape index (κ2) is 4.70. The van der Waals surface area contributed by atoms with Crippen LogP contribution < -0.4 is 5.73 Å².